The first-order valence-electron chi connectivity index (χ1n) is 28.3. The lowest BCUT2D eigenvalue weighted by atomic mass is 10.0. The molecule has 0 aliphatic rings. The van der Waals surface area contributed by atoms with E-state index in [1.807, 2.05) is 0 Å². The molecule has 0 unspecified atom stereocenters. The molecule has 0 fully saturated rings. The van der Waals surface area contributed by atoms with Crippen molar-refractivity contribution < 1.29 is 76.5 Å². The highest BCUT2D eigenvalue weighted by atomic mass is 16.6. The van der Waals surface area contributed by atoms with Crippen LogP contribution < -0.4 is 28.4 Å². The Morgan fingerprint density at radius 2 is 0.698 bits per heavy atom. The minimum atomic E-state index is -0.691. The minimum absolute atomic E-state index is 0.0273. The number of rotatable bonds is 37. The van der Waals surface area contributed by atoms with Crippen LogP contribution in [-0.4, -0.2) is 92.5 Å². The van der Waals surface area contributed by atoms with Gasteiger partial charge in [-0.25, -0.2) is 28.8 Å². The van der Waals surface area contributed by atoms with E-state index in [1.54, 1.807) is 109 Å². The van der Waals surface area contributed by atoms with Gasteiger partial charge >= 0.3 is 35.8 Å². The Bertz CT molecular complexity index is 3240. The molecule has 0 aliphatic heterocycles. The van der Waals surface area contributed by atoms with Gasteiger partial charge in [0.15, 0.2) is 0 Å². The normalized spacial score (nSPS) is 11.0. The average molecular weight is 1170 g/mol. The highest BCUT2D eigenvalue weighted by Crippen LogP contribution is 2.27. The second kappa shape index (κ2) is 36.5. The van der Waals surface area contributed by atoms with Gasteiger partial charge in [0.25, 0.3) is 0 Å². The fourth-order valence-corrected chi connectivity index (χ4v) is 8.01. The fraction of sp³-hybridized carbons (Fsp3) is 0.265. The highest BCUT2D eigenvalue weighted by Gasteiger charge is 2.17. The summed E-state index contributed by atoms with van der Waals surface area (Å²) >= 11 is 0. The topological polar surface area (TPSA) is 230 Å². The van der Waals surface area contributed by atoms with Crippen molar-refractivity contribution in [1.82, 2.24) is 0 Å². The van der Waals surface area contributed by atoms with Crippen LogP contribution in [0.4, 0.5) is 0 Å². The van der Waals surface area contributed by atoms with Crippen molar-refractivity contribution in [2.45, 2.75) is 77.0 Å². The van der Waals surface area contributed by atoms with E-state index in [-0.39, 0.29) is 39.7 Å². The van der Waals surface area contributed by atoms with Crippen LogP contribution in [-0.2, 0) is 28.6 Å². The molecule has 448 valence electrons. The smallest absolute Gasteiger partial charge is 0.343 e. The number of hydrogen-bond acceptors (Lipinski definition) is 18. The number of benzene rings is 6. The first-order chi connectivity index (χ1) is 41.9. The van der Waals surface area contributed by atoms with Crippen LogP contribution in [0.3, 0.4) is 0 Å². The Labute approximate surface area is 500 Å². The lowest BCUT2D eigenvalue weighted by Crippen LogP contribution is -2.11. The zero-order valence-electron chi connectivity index (χ0n) is 47.9. The van der Waals surface area contributed by atoms with Crippen molar-refractivity contribution in [3.63, 3.8) is 0 Å². The molecule has 0 spiro atoms. The Hall–Kier alpha value is -10.1. The summed E-state index contributed by atoms with van der Waals surface area (Å²) in [5.41, 5.74) is 2.50. The average Bonchev–Trinajstić information content (AvgIpc) is 3.57. The molecule has 0 atom stereocenters. The molecule has 0 aromatic heterocycles. The molecule has 18 heteroatoms. The number of nitrogens with zero attached hydrogens (tertiary/aromatic N) is 2. The summed E-state index contributed by atoms with van der Waals surface area (Å²) < 4.78 is 50.0. The summed E-state index contributed by atoms with van der Waals surface area (Å²) in [4.78, 5) is 74.0. The maximum atomic E-state index is 13.7. The van der Waals surface area contributed by atoms with E-state index in [1.165, 1.54) is 36.5 Å². The molecule has 0 amide bonds. The number of hydrogen-bond donors (Lipinski definition) is 1. The second-order valence-electron chi connectivity index (χ2n) is 19.1. The molecular formula is C68H70N2O16. The van der Waals surface area contributed by atoms with Crippen molar-refractivity contribution in [1.29, 1.82) is 0 Å². The van der Waals surface area contributed by atoms with Gasteiger partial charge in [0.1, 0.15) is 46.0 Å². The summed E-state index contributed by atoms with van der Waals surface area (Å²) in [7, 11) is 0. The van der Waals surface area contributed by atoms with Crippen molar-refractivity contribution in [3.8, 4) is 40.2 Å². The lowest BCUT2D eigenvalue weighted by molar-refractivity contribution is -0.138. The second-order valence-corrected chi connectivity index (χ2v) is 19.1. The Morgan fingerprint density at radius 3 is 1.09 bits per heavy atom. The van der Waals surface area contributed by atoms with Gasteiger partial charge in [-0.05, 0) is 217 Å². The van der Waals surface area contributed by atoms with Crippen molar-refractivity contribution in [2.75, 3.05) is 39.6 Å². The molecule has 0 aliphatic carbocycles. The molecule has 0 bridgehead atoms. The summed E-state index contributed by atoms with van der Waals surface area (Å²) in [6.45, 7) is 12.6. The monoisotopic (exact) mass is 1170 g/mol. The van der Waals surface area contributed by atoms with Crippen LogP contribution in [0.2, 0.25) is 0 Å². The first kappa shape index (κ1) is 65.1. The standard InChI is InChI=1S/C68H70N2O16/c1-4-62(72)81-44-16-10-7-13-41-78-56-31-23-51(24-32-56)66(75)84-59-37-21-50(22-38-59)65(49-19-29-55(71)30-20-49)70-69-48-54-47-60(85-67(76)52-25-33-57(34-26-52)79-42-14-8-11-17-45-82-63(73)5-2)39-40-61(54)86-68(77)53-27-35-58(36-28-53)80-43-15-9-12-18-46-83-64(74)6-3/h4-6,19-40,47-48,71H,1-3,7-18,41-46H2/b69-48+,70-65-. The predicted molar refractivity (Wildman–Crippen MR) is 324 cm³/mol. The third-order valence-corrected chi connectivity index (χ3v) is 12.7. The number of aromatic hydroxyl groups is 1. The van der Waals surface area contributed by atoms with E-state index < -0.39 is 35.8 Å². The van der Waals surface area contributed by atoms with Gasteiger partial charge < -0.3 is 47.7 Å². The number of esters is 6. The molecule has 0 heterocycles. The number of carbonyl (C=O) groups is 6. The Morgan fingerprint density at radius 1 is 0.372 bits per heavy atom. The first-order valence-corrected chi connectivity index (χ1v) is 28.3. The molecule has 0 saturated carbocycles. The zero-order chi connectivity index (χ0) is 61.1. The van der Waals surface area contributed by atoms with Crippen molar-refractivity contribution in [2.24, 2.45) is 10.2 Å². The van der Waals surface area contributed by atoms with Crippen LogP contribution in [0, 0.1) is 0 Å². The van der Waals surface area contributed by atoms with Gasteiger partial charge in [-0.15, -0.1) is 5.10 Å². The Balaban J connectivity index is 1.12. The van der Waals surface area contributed by atoms with Gasteiger partial charge in [0.2, 0.25) is 0 Å². The van der Waals surface area contributed by atoms with E-state index >= 15 is 0 Å². The third-order valence-electron chi connectivity index (χ3n) is 12.7. The van der Waals surface area contributed by atoms with Gasteiger partial charge in [0.05, 0.1) is 62.5 Å². The molecule has 0 saturated heterocycles. The number of phenols is 1. The predicted octanol–water partition coefficient (Wildman–Crippen LogP) is 12.9. The SMILES string of the molecule is C=CC(=O)OCCCCCCOc1ccc(C(=O)Oc2ccc(/C(=N\N=C\c3cc(OC(=O)c4ccc(OCCCCCCOC(=O)C=C)cc4)ccc3OC(=O)c3ccc(OCCCCCCOC(=O)C=C)cc3)c3ccc(O)cc3)cc2)cc1. The molecule has 0 radical (unpaired) electrons. The molecule has 18 nitrogen and oxygen atoms in total. The number of carbonyl (C=O) groups excluding carboxylic acids is 6. The van der Waals surface area contributed by atoms with Gasteiger partial charge in [-0.1, -0.05) is 19.7 Å². The Kier molecular flexibility index (Phi) is 27.6. The molecule has 6 rings (SSSR count). The fourth-order valence-electron chi connectivity index (χ4n) is 8.01. The van der Waals surface area contributed by atoms with Crippen molar-refractivity contribution in [3.05, 3.63) is 211 Å². The van der Waals surface area contributed by atoms with Crippen molar-refractivity contribution >= 4 is 47.7 Å². The maximum Gasteiger partial charge on any atom is 0.343 e. The molecule has 1 N–H and O–H groups in total. The molecule has 6 aromatic rings. The highest BCUT2D eigenvalue weighted by molar-refractivity contribution is 6.13. The summed E-state index contributed by atoms with van der Waals surface area (Å²) in [6, 6.07) is 37.0. The number of ether oxygens (including phenoxy) is 9. The largest absolute Gasteiger partial charge is 0.508 e. The third kappa shape index (κ3) is 23.3. The van der Waals surface area contributed by atoms with Crippen LogP contribution in [0.1, 0.15) is 125 Å². The van der Waals surface area contributed by atoms with Crippen LogP contribution in [0.15, 0.2) is 188 Å². The summed E-state index contributed by atoms with van der Waals surface area (Å²) in [6.07, 6.45) is 14.6. The molecule has 86 heavy (non-hydrogen) atoms. The van der Waals surface area contributed by atoms with E-state index in [0.717, 1.165) is 95.3 Å². The summed E-state index contributed by atoms with van der Waals surface area (Å²) in [5, 5.41) is 19.2. The van der Waals surface area contributed by atoms with E-state index in [9.17, 15) is 33.9 Å². The van der Waals surface area contributed by atoms with E-state index in [4.69, 9.17) is 42.6 Å². The minimum Gasteiger partial charge on any atom is -0.508 e. The van der Waals surface area contributed by atoms with Crippen LogP contribution in [0.5, 0.6) is 40.2 Å². The van der Waals surface area contributed by atoms with Gasteiger partial charge in [-0.2, -0.15) is 5.10 Å². The van der Waals surface area contributed by atoms with Gasteiger partial charge in [0, 0.05) is 34.9 Å². The number of phenolic OH excluding ortho intramolecular Hbond substituents is 1. The van der Waals surface area contributed by atoms with Crippen LogP contribution >= 0.6 is 0 Å². The maximum absolute atomic E-state index is 13.7. The van der Waals surface area contributed by atoms with E-state index in [2.05, 4.69) is 29.9 Å². The van der Waals surface area contributed by atoms with Crippen LogP contribution in [0.25, 0.3) is 0 Å². The van der Waals surface area contributed by atoms with E-state index in [0.29, 0.717) is 79.3 Å². The number of unbranched alkanes of at least 4 members (excludes halogenated alkanes) is 9. The quantitative estimate of drug-likeness (QED) is 0.00727. The molecular weight excluding hydrogens is 1100 g/mol. The lowest BCUT2D eigenvalue weighted by Gasteiger charge is -2.11. The zero-order valence-corrected chi connectivity index (χ0v) is 47.9. The van der Waals surface area contributed by atoms with Gasteiger partial charge in [-0.3, -0.25) is 0 Å². The molecule has 6 aromatic carbocycles. The summed E-state index contributed by atoms with van der Waals surface area (Å²) in [5.74, 6) is -1.05.